The Kier molecular flexibility index (Phi) is 8.01. The second-order valence-electron chi connectivity index (χ2n) is 8.57. The van der Waals surface area contributed by atoms with E-state index in [4.69, 9.17) is 21.1 Å². The van der Waals surface area contributed by atoms with Crippen LogP contribution in [0.5, 0.6) is 11.6 Å². The molecule has 2 heterocycles. The van der Waals surface area contributed by atoms with Crippen LogP contribution in [0.2, 0.25) is 5.02 Å². The molecule has 1 N–H and O–H groups in total. The van der Waals surface area contributed by atoms with Crippen molar-refractivity contribution in [3.8, 4) is 11.6 Å². The molecule has 32 heavy (non-hydrogen) atoms. The average molecular weight is 461 g/mol. The highest BCUT2D eigenvalue weighted by molar-refractivity contribution is 6.35. The fourth-order valence-corrected chi connectivity index (χ4v) is 4.31. The molecule has 1 amide bonds. The number of rotatable bonds is 9. The largest absolute Gasteiger partial charge is 0.489 e. The number of fused-ring (bicyclic) bond motifs is 1. The lowest BCUT2D eigenvalue weighted by atomic mass is 9.93. The Morgan fingerprint density at radius 2 is 2.03 bits per heavy atom. The van der Waals surface area contributed by atoms with E-state index in [1.807, 2.05) is 33.8 Å². The number of aliphatic hydroxyl groups excluding tert-OH is 1. The zero-order valence-corrected chi connectivity index (χ0v) is 20.4. The number of aromatic nitrogens is 1. The maximum absolute atomic E-state index is 13.5. The fraction of sp³-hybridized carbons (Fsp3) is 0.520. The van der Waals surface area contributed by atoms with Gasteiger partial charge in [0.25, 0.3) is 5.91 Å². The van der Waals surface area contributed by atoms with Crippen LogP contribution >= 0.6 is 11.6 Å². The van der Waals surface area contributed by atoms with E-state index < -0.39 is 0 Å². The molecular formula is C25H33ClN2O4. The summed E-state index contributed by atoms with van der Waals surface area (Å²) in [5, 5.41) is 10.2. The number of benzene rings is 1. The molecule has 1 aliphatic heterocycles. The molecule has 1 aliphatic rings. The first-order valence-electron chi connectivity index (χ1n) is 11.3. The summed E-state index contributed by atoms with van der Waals surface area (Å²) in [5.74, 6) is 0.852. The van der Waals surface area contributed by atoms with E-state index in [2.05, 4.69) is 11.9 Å². The van der Waals surface area contributed by atoms with Gasteiger partial charge in [0.1, 0.15) is 5.75 Å². The first-order valence-corrected chi connectivity index (χ1v) is 11.7. The average Bonchev–Trinajstić information content (AvgIpc) is 2.73. The van der Waals surface area contributed by atoms with Crippen molar-refractivity contribution in [1.82, 2.24) is 9.88 Å². The van der Waals surface area contributed by atoms with Gasteiger partial charge in [0.15, 0.2) is 0 Å². The normalized spacial score (nSPS) is 13.5. The number of carbonyl (C=O) groups excluding carboxylic acids is 1. The van der Waals surface area contributed by atoms with Crippen molar-refractivity contribution >= 4 is 17.5 Å². The summed E-state index contributed by atoms with van der Waals surface area (Å²) in [4.78, 5) is 19.9. The first-order chi connectivity index (χ1) is 15.3. The molecule has 1 aromatic carbocycles. The van der Waals surface area contributed by atoms with Crippen LogP contribution < -0.4 is 9.47 Å². The quantitative estimate of drug-likeness (QED) is 0.532. The minimum Gasteiger partial charge on any atom is -0.489 e. The highest BCUT2D eigenvalue weighted by Crippen LogP contribution is 2.38. The van der Waals surface area contributed by atoms with Crippen LogP contribution in [0.3, 0.4) is 0 Å². The van der Waals surface area contributed by atoms with Gasteiger partial charge in [0.05, 0.1) is 36.4 Å². The molecule has 0 bridgehead atoms. The van der Waals surface area contributed by atoms with Crippen LogP contribution in [0.4, 0.5) is 0 Å². The maximum Gasteiger partial charge on any atom is 0.256 e. The number of aryl methyl sites for hydroxylation is 2. The second-order valence-corrected chi connectivity index (χ2v) is 8.95. The van der Waals surface area contributed by atoms with E-state index in [0.29, 0.717) is 53.9 Å². The monoisotopic (exact) mass is 460 g/mol. The fourth-order valence-electron chi connectivity index (χ4n) is 4.02. The lowest BCUT2D eigenvalue weighted by Crippen LogP contribution is -2.38. The minimum absolute atomic E-state index is 0.101. The number of hydrogen-bond donors (Lipinski definition) is 1. The Hall–Kier alpha value is -2.31. The van der Waals surface area contributed by atoms with Crippen LogP contribution in [-0.4, -0.2) is 40.2 Å². The number of nitrogens with zero attached hydrogens (tertiary/aromatic N) is 2. The van der Waals surface area contributed by atoms with Gasteiger partial charge in [-0.05, 0) is 69.4 Å². The molecule has 0 saturated heterocycles. The predicted octanol–water partition coefficient (Wildman–Crippen LogP) is 5.01. The van der Waals surface area contributed by atoms with E-state index in [9.17, 15) is 9.90 Å². The summed E-state index contributed by atoms with van der Waals surface area (Å²) < 4.78 is 11.8. The second kappa shape index (κ2) is 10.5. The van der Waals surface area contributed by atoms with Crippen LogP contribution in [0.1, 0.15) is 71.9 Å². The number of hydrogen-bond acceptors (Lipinski definition) is 5. The van der Waals surface area contributed by atoms with Crippen LogP contribution in [0.15, 0.2) is 12.1 Å². The van der Waals surface area contributed by atoms with Gasteiger partial charge in [-0.25, -0.2) is 4.98 Å². The third-order valence-corrected chi connectivity index (χ3v) is 5.99. The summed E-state index contributed by atoms with van der Waals surface area (Å²) in [6, 6.07) is 3.76. The van der Waals surface area contributed by atoms with Gasteiger partial charge in [0.2, 0.25) is 5.88 Å². The number of amides is 1. The van der Waals surface area contributed by atoms with Gasteiger partial charge in [-0.15, -0.1) is 0 Å². The van der Waals surface area contributed by atoms with Crippen LogP contribution in [-0.2, 0) is 19.6 Å². The molecule has 0 radical (unpaired) electrons. The topological polar surface area (TPSA) is 71.9 Å². The minimum atomic E-state index is -0.169. The Morgan fingerprint density at radius 1 is 1.28 bits per heavy atom. The third-order valence-electron chi connectivity index (χ3n) is 5.62. The summed E-state index contributed by atoms with van der Waals surface area (Å²) in [7, 11) is 0. The van der Waals surface area contributed by atoms with Crippen molar-refractivity contribution < 1.29 is 19.4 Å². The molecule has 0 fully saturated rings. The molecular weight excluding hydrogens is 428 g/mol. The van der Waals surface area contributed by atoms with Crippen molar-refractivity contribution in [2.24, 2.45) is 0 Å². The lowest BCUT2D eigenvalue weighted by molar-refractivity contribution is 0.0723. The number of pyridine rings is 1. The summed E-state index contributed by atoms with van der Waals surface area (Å²) in [6.07, 6.45) is 2.50. The smallest absolute Gasteiger partial charge is 0.256 e. The van der Waals surface area contributed by atoms with Crippen molar-refractivity contribution in [2.75, 3.05) is 13.2 Å². The van der Waals surface area contributed by atoms with Crippen molar-refractivity contribution in [1.29, 1.82) is 0 Å². The van der Waals surface area contributed by atoms with Crippen molar-refractivity contribution in [3.05, 3.63) is 50.7 Å². The Morgan fingerprint density at radius 3 is 2.69 bits per heavy atom. The van der Waals surface area contributed by atoms with Gasteiger partial charge in [0, 0.05) is 17.8 Å². The van der Waals surface area contributed by atoms with Crippen molar-refractivity contribution in [2.45, 2.75) is 73.1 Å². The van der Waals surface area contributed by atoms with Crippen LogP contribution in [0, 0.1) is 13.8 Å². The SMILES string of the molecule is CCCCOc1nc(C)cc(C)c1CN1CCc2c(CO)cc(OC(C)C)c(Cl)c2C1=O. The number of carbonyl (C=O) groups is 1. The van der Waals surface area contributed by atoms with Gasteiger partial charge in [-0.3, -0.25) is 4.79 Å². The number of ether oxygens (including phenoxy) is 2. The van der Waals surface area contributed by atoms with E-state index >= 15 is 0 Å². The molecule has 0 spiro atoms. The molecule has 0 saturated carbocycles. The Balaban J connectivity index is 1.96. The Labute approximate surface area is 195 Å². The predicted molar refractivity (Wildman–Crippen MR) is 126 cm³/mol. The van der Waals surface area contributed by atoms with Gasteiger partial charge in [-0.2, -0.15) is 0 Å². The molecule has 6 nitrogen and oxygen atoms in total. The van der Waals surface area contributed by atoms with E-state index in [1.165, 1.54) is 0 Å². The van der Waals surface area contributed by atoms with E-state index in [-0.39, 0.29) is 18.6 Å². The first kappa shape index (κ1) is 24.3. The molecule has 1 aromatic heterocycles. The van der Waals surface area contributed by atoms with Gasteiger partial charge >= 0.3 is 0 Å². The molecule has 0 atom stereocenters. The zero-order chi connectivity index (χ0) is 23.4. The lowest BCUT2D eigenvalue weighted by Gasteiger charge is -2.32. The van der Waals surface area contributed by atoms with Crippen molar-refractivity contribution in [3.63, 3.8) is 0 Å². The van der Waals surface area contributed by atoms with Gasteiger partial charge < -0.3 is 19.5 Å². The molecule has 0 aliphatic carbocycles. The number of unbranched alkanes of at least 4 members (excludes halogenated alkanes) is 1. The summed E-state index contributed by atoms with van der Waals surface area (Å²) in [5.41, 5.74) is 4.75. The highest BCUT2D eigenvalue weighted by Gasteiger charge is 2.32. The molecule has 174 valence electrons. The Bertz CT molecular complexity index is 991. The van der Waals surface area contributed by atoms with Crippen LogP contribution in [0.25, 0.3) is 0 Å². The zero-order valence-electron chi connectivity index (χ0n) is 19.6. The van der Waals surface area contributed by atoms with Gasteiger partial charge in [-0.1, -0.05) is 24.9 Å². The number of halogens is 1. The molecule has 2 aromatic rings. The molecule has 0 unspecified atom stereocenters. The van der Waals surface area contributed by atoms with E-state index in [1.54, 1.807) is 11.0 Å². The third kappa shape index (κ3) is 5.18. The van der Waals surface area contributed by atoms with E-state index in [0.717, 1.165) is 35.2 Å². The standard InChI is InChI=1S/C25H33ClN2O4/c1-6-7-10-31-24-20(16(4)11-17(5)27-24)13-28-9-8-19-18(14-29)12-21(32-15(2)3)23(26)22(19)25(28)30/h11-12,15,29H,6-10,13-14H2,1-5H3. The molecule has 7 heteroatoms. The highest BCUT2D eigenvalue weighted by atomic mass is 35.5. The summed E-state index contributed by atoms with van der Waals surface area (Å²) in [6.45, 7) is 11.2. The maximum atomic E-state index is 13.5. The summed E-state index contributed by atoms with van der Waals surface area (Å²) >= 11 is 6.64. The molecule has 3 rings (SSSR count). The number of aliphatic hydroxyl groups is 1.